The molecule has 0 fully saturated rings. The molecule has 0 heterocycles. The van der Waals surface area contributed by atoms with Crippen molar-refractivity contribution in [2.75, 3.05) is 10.8 Å². The van der Waals surface area contributed by atoms with Crippen LogP contribution in [0.15, 0.2) is 77.7 Å². The topological polar surface area (TPSA) is 130 Å². The van der Waals surface area contributed by atoms with Gasteiger partial charge >= 0.3 is 0 Å². The summed E-state index contributed by atoms with van der Waals surface area (Å²) in [4.78, 5) is 39.0. The third-order valence-corrected chi connectivity index (χ3v) is 8.99. The van der Waals surface area contributed by atoms with Crippen molar-refractivity contribution in [2.45, 2.75) is 50.7 Å². The van der Waals surface area contributed by atoms with Crippen LogP contribution in [0.5, 0.6) is 0 Å². The molecule has 3 rings (SSSR count). The highest BCUT2D eigenvalue weighted by atomic mass is 35.5. The van der Waals surface area contributed by atoms with Crippen LogP contribution in [0.25, 0.3) is 0 Å². The number of rotatable bonds is 12. The lowest BCUT2D eigenvalue weighted by atomic mass is 10.1. The number of halogens is 2. The number of anilines is 1. The Labute approximate surface area is 249 Å². The lowest BCUT2D eigenvalue weighted by molar-refractivity contribution is -0.384. The van der Waals surface area contributed by atoms with Crippen LogP contribution in [0.1, 0.15) is 32.8 Å². The van der Waals surface area contributed by atoms with E-state index in [0.717, 1.165) is 10.4 Å². The zero-order chi connectivity index (χ0) is 30.3. The number of hydrogen-bond acceptors (Lipinski definition) is 6. The van der Waals surface area contributed by atoms with Gasteiger partial charge in [-0.05, 0) is 50.6 Å². The molecule has 0 aliphatic heterocycles. The standard InChI is InChI=1S/C28H30Cl2N4O6S/c1-4-19(2)31-28(36)20(3)32(17-24-25(29)14-9-15-26(24)30)27(35)18-33(21-10-8-11-22(16-21)34(37)38)41(39,40)23-12-6-5-7-13-23/h5-16,19-20H,4,17-18H2,1-3H3,(H,31,36)/t19-,20+/m0/s1. The average Bonchev–Trinajstić information content (AvgIpc) is 2.95. The highest BCUT2D eigenvalue weighted by Crippen LogP contribution is 2.29. The number of hydrogen-bond donors (Lipinski definition) is 1. The Morgan fingerprint density at radius 3 is 2.17 bits per heavy atom. The molecule has 3 aromatic carbocycles. The molecule has 0 saturated carbocycles. The van der Waals surface area contributed by atoms with E-state index in [-0.39, 0.29) is 38.9 Å². The summed E-state index contributed by atoms with van der Waals surface area (Å²) >= 11 is 12.8. The maximum Gasteiger partial charge on any atom is 0.271 e. The minimum atomic E-state index is -4.37. The van der Waals surface area contributed by atoms with Gasteiger partial charge in [-0.3, -0.25) is 24.0 Å². The van der Waals surface area contributed by atoms with Gasteiger partial charge in [-0.2, -0.15) is 0 Å². The second-order valence-corrected chi connectivity index (χ2v) is 12.0. The zero-order valence-electron chi connectivity index (χ0n) is 22.7. The molecule has 0 radical (unpaired) electrons. The van der Waals surface area contributed by atoms with Gasteiger partial charge in [0, 0.05) is 40.3 Å². The van der Waals surface area contributed by atoms with Gasteiger partial charge in [0.1, 0.15) is 12.6 Å². The Kier molecular flexibility index (Phi) is 10.7. The molecule has 10 nitrogen and oxygen atoms in total. The molecule has 2 amide bonds. The number of nitro groups is 1. The lowest BCUT2D eigenvalue weighted by Crippen LogP contribution is -2.52. The van der Waals surface area contributed by atoms with Gasteiger partial charge in [-0.1, -0.05) is 60.5 Å². The maximum atomic E-state index is 14.0. The minimum absolute atomic E-state index is 0.0937. The van der Waals surface area contributed by atoms with Crippen LogP contribution in [0.2, 0.25) is 10.0 Å². The molecule has 0 bridgehead atoms. The van der Waals surface area contributed by atoms with Crippen molar-refractivity contribution in [3.8, 4) is 0 Å². The molecule has 0 spiro atoms. The molecule has 0 saturated heterocycles. The summed E-state index contributed by atoms with van der Waals surface area (Å²) in [5, 5.41) is 14.8. The Hall–Kier alpha value is -3.67. The predicted molar refractivity (Wildman–Crippen MR) is 158 cm³/mol. The van der Waals surface area contributed by atoms with Crippen molar-refractivity contribution < 1.29 is 22.9 Å². The summed E-state index contributed by atoms with van der Waals surface area (Å²) in [7, 11) is -4.37. The van der Waals surface area contributed by atoms with Crippen LogP contribution in [0.4, 0.5) is 11.4 Å². The van der Waals surface area contributed by atoms with E-state index in [1.165, 1.54) is 54.3 Å². The van der Waals surface area contributed by atoms with Crippen LogP contribution in [0, 0.1) is 10.1 Å². The summed E-state index contributed by atoms with van der Waals surface area (Å²) < 4.78 is 28.4. The summed E-state index contributed by atoms with van der Waals surface area (Å²) in [5.74, 6) is -1.21. The van der Waals surface area contributed by atoms with E-state index in [0.29, 0.717) is 12.0 Å². The second kappa shape index (κ2) is 13.8. The number of nitrogens with zero attached hydrogens (tertiary/aromatic N) is 3. The van der Waals surface area contributed by atoms with Crippen LogP contribution in [-0.4, -0.2) is 48.7 Å². The quantitative estimate of drug-likeness (QED) is 0.212. The summed E-state index contributed by atoms with van der Waals surface area (Å²) in [5.41, 5.74) is -0.0757. The number of nitro benzene ring substituents is 1. The first-order valence-electron chi connectivity index (χ1n) is 12.7. The van der Waals surface area contributed by atoms with Crippen LogP contribution in [0.3, 0.4) is 0 Å². The number of non-ortho nitro benzene ring substituents is 1. The Morgan fingerprint density at radius 2 is 1.59 bits per heavy atom. The van der Waals surface area contributed by atoms with Crippen LogP contribution >= 0.6 is 23.2 Å². The van der Waals surface area contributed by atoms with Crippen molar-refractivity contribution in [3.05, 3.63) is 98.5 Å². The van der Waals surface area contributed by atoms with E-state index in [2.05, 4.69) is 5.32 Å². The molecule has 0 aliphatic carbocycles. The SMILES string of the molecule is CC[C@H](C)NC(=O)[C@@H](C)N(Cc1c(Cl)cccc1Cl)C(=O)CN(c1cccc([N+](=O)[O-])c1)S(=O)(=O)c1ccccc1. The van der Waals surface area contributed by atoms with Gasteiger partial charge in [0.15, 0.2) is 0 Å². The first-order valence-corrected chi connectivity index (χ1v) is 14.9. The van der Waals surface area contributed by atoms with Crippen molar-refractivity contribution in [2.24, 2.45) is 0 Å². The largest absolute Gasteiger partial charge is 0.352 e. The van der Waals surface area contributed by atoms with E-state index in [4.69, 9.17) is 23.2 Å². The third-order valence-electron chi connectivity index (χ3n) is 6.50. The van der Waals surface area contributed by atoms with Gasteiger partial charge in [-0.15, -0.1) is 0 Å². The first-order chi connectivity index (χ1) is 19.4. The fourth-order valence-electron chi connectivity index (χ4n) is 3.91. The van der Waals surface area contributed by atoms with E-state index >= 15 is 0 Å². The van der Waals surface area contributed by atoms with E-state index in [1.807, 2.05) is 13.8 Å². The molecule has 13 heteroatoms. The van der Waals surface area contributed by atoms with Gasteiger partial charge in [0.25, 0.3) is 15.7 Å². The van der Waals surface area contributed by atoms with E-state index < -0.39 is 39.3 Å². The van der Waals surface area contributed by atoms with Crippen LogP contribution < -0.4 is 9.62 Å². The molecule has 0 aromatic heterocycles. The second-order valence-electron chi connectivity index (χ2n) is 9.32. The maximum absolute atomic E-state index is 14.0. The van der Waals surface area contributed by atoms with Crippen molar-refractivity contribution in [1.29, 1.82) is 0 Å². The predicted octanol–water partition coefficient (Wildman–Crippen LogP) is 5.43. The number of carbonyl (C=O) groups is 2. The molecule has 2 atom stereocenters. The fraction of sp³-hybridized carbons (Fsp3) is 0.286. The van der Waals surface area contributed by atoms with Gasteiger partial charge < -0.3 is 10.2 Å². The highest BCUT2D eigenvalue weighted by Gasteiger charge is 2.33. The highest BCUT2D eigenvalue weighted by molar-refractivity contribution is 7.92. The normalized spacial score (nSPS) is 12.7. The van der Waals surface area contributed by atoms with E-state index in [1.54, 1.807) is 24.3 Å². The van der Waals surface area contributed by atoms with Gasteiger partial charge in [0.2, 0.25) is 11.8 Å². The Bertz CT molecular complexity index is 1500. The molecule has 0 unspecified atom stereocenters. The number of nitrogens with one attached hydrogen (secondary N) is 1. The van der Waals surface area contributed by atoms with Crippen molar-refractivity contribution >= 4 is 56.4 Å². The molecule has 3 aromatic rings. The molecule has 0 aliphatic rings. The summed E-state index contributed by atoms with van der Waals surface area (Å²) in [6.45, 7) is 4.28. The van der Waals surface area contributed by atoms with Crippen molar-refractivity contribution in [1.82, 2.24) is 10.2 Å². The van der Waals surface area contributed by atoms with Crippen LogP contribution in [-0.2, 0) is 26.2 Å². The summed E-state index contributed by atoms with van der Waals surface area (Å²) in [6, 6.07) is 15.9. The molecule has 218 valence electrons. The lowest BCUT2D eigenvalue weighted by Gasteiger charge is -2.32. The number of benzene rings is 3. The fourth-order valence-corrected chi connectivity index (χ4v) is 5.86. The van der Waals surface area contributed by atoms with E-state index in [9.17, 15) is 28.1 Å². The zero-order valence-corrected chi connectivity index (χ0v) is 25.0. The number of amides is 2. The monoisotopic (exact) mass is 620 g/mol. The molecular weight excluding hydrogens is 591 g/mol. The first kappa shape index (κ1) is 31.9. The smallest absolute Gasteiger partial charge is 0.271 e. The molecular formula is C28H30Cl2N4O6S. The Morgan fingerprint density at radius 1 is 0.976 bits per heavy atom. The minimum Gasteiger partial charge on any atom is -0.352 e. The molecule has 1 N–H and O–H groups in total. The number of sulfonamides is 1. The van der Waals surface area contributed by atoms with Gasteiger partial charge in [-0.25, -0.2) is 8.42 Å². The molecule has 41 heavy (non-hydrogen) atoms. The third kappa shape index (κ3) is 7.75. The summed E-state index contributed by atoms with van der Waals surface area (Å²) in [6.07, 6.45) is 0.651. The number of carbonyl (C=O) groups excluding carboxylic acids is 2. The van der Waals surface area contributed by atoms with Gasteiger partial charge in [0.05, 0.1) is 15.5 Å². The van der Waals surface area contributed by atoms with Crippen molar-refractivity contribution in [3.63, 3.8) is 0 Å². The Balaban J connectivity index is 2.10. The average molecular weight is 622 g/mol.